The van der Waals surface area contributed by atoms with Crippen molar-refractivity contribution in [2.45, 2.75) is 19.4 Å². The summed E-state index contributed by atoms with van der Waals surface area (Å²) in [6.45, 7) is 3.94. The lowest BCUT2D eigenvalue weighted by atomic mass is 9.95. The van der Waals surface area contributed by atoms with Gasteiger partial charge in [-0.05, 0) is 31.0 Å². The van der Waals surface area contributed by atoms with Crippen LogP contribution in [0.5, 0.6) is 5.75 Å². The minimum absolute atomic E-state index is 0.0609. The van der Waals surface area contributed by atoms with Gasteiger partial charge < -0.3 is 19.3 Å². The predicted molar refractivity (Wildman–Crippen MR) is 116 cm³/mol. The van der Waals surface area contributed by atoms with E-state index in [1.807, 2.05) is 35.2 Å². The number of morpholine rings is 1. The second kappa shape index (κ2) is 10.4. The average Bonchev–Trinajstić information content (AvgIpc) is 2.85. The molecule has 0 aliphatic carbocycles. The predicted octanol–water partition coefficient (Wildman–Crippen LogP) is 1.03. The van der Waals surface area contributed by atoms with Crippen LogP contribution in [0.15, 0.2) is 47.3 Å². The van der Waals surface area contributed by atoms with Crippen LogP contribution in [-0.4, -0.2) is 77.4 Å². The van der Waals surface area contributed by atoms with Gasteiger partial charge in [-0.15, -0.1) is 0 Å². The Morgan fingerprint density at radius 2 is 1.69 bits per heavy atom. The molecular weight excluding hydrogens is 412 g/mol. The highest BCUT2D eigenvalue weighted by Crippen LogP contribution is 2.21. The molecule has 0 atom stereocenters. The molecule has 0 N–H and O–H groups in total. The van der Waals surface area contributed by atoms with E-state index in [0.29, 0.717) is 58.0 Å². The zero-order valence-electron chi connectivity index (χ0n) is 18.0. The normalized spacial score (nSPS) is 17.2. The van der Waals surface area contributed by atoms with E-state index in [-0.39, 0.29) is 42.1 Å². The Kier molecular flexibility index (Phi) is 7.16. The fraction of sp³-hybridized carbons (Fsp3) is 0.478. The van der Waals surface area contributed by atoms with E-state index in [9.17, 15) is 14.4 Å². The van der Waals surface area contributed by atoms with Crippen LogP contribution >= 0.6 is 0 Å². The van der Waals surface area contributed by atoms with Crippen LogP contribution in [0.3, 0.4) is 0 Å². The standard InChI is InChI=1S/C23H28N4O5/c28-21-7-6-20(24-27(21)14-17-32-19-4-2-1-3-5-19)23(30)25-10-8-18(9-11-25)22(29)26-12-15-31-16-13-26/h1-7,18H,8-17H2. The highest BCUT2D eigenvalue weighted by molar-refractivity contribution is 5.92. The van der Waals surface area contributed by atoms with Gasteiger partial charge in [-0.2, -0.15) is 5.10 Å². The number of hydrogen-bond donors (Lipinski definition) is 0. The van der Waals surface area contributed by atoms with Gasteiger partial charge in [0.2, 0.25) is 5.91 Å². The molecule has 0 radical (unpaired) electrons. The first-order chi connectivity index (χ1) is 15.6. The van der Waals surface area contributed by atoms with E-state index in [4.69, 9.17) is 9.47 Å². The van der Waals surface area contributed by atoms with Crippen molar-refractivity contribution < 1.29 is 19.1 Å². The summed E-state index contributed by atoms with van der Waals surface area (Å²) in [4.78, 5) is 41.4. The summed E-state index contributed by atoms with van der Waals surface area (Å²) in [6.07, 6.45) is 1.26. The van der Waals surface area contributed by atoms with Crippen LogP contribution in [0.4, 0.5) is 0 Å². The molecule has 1 aromatic heterocycles. The maximum absolute atomic E-state index is 12.9. The van der Waals surface area contributed by atoms with Crippen LogP contribution in [0.1, 0.15) is 23.3 Å². The number of piperidine rings is 1. The van der Waals surface area contributed by atoms with Crippen LogP contribution in [0, 0.1) is 5.92 Å². The number of amides is 2. The van der Waals surface area contributed by atoms with E-state index in [2.05, 4.69) is 5.10 Å². The maximum atomic E-state index is 12.9. The number of likely N-dealkylation sites (tertiary alicyclic amines) is 1. The number of hydrogen-bond acceptors (Lipinski definition) is 6. The van der Waals surface area contributed by atoms with Crippen LogP contribution in [-0.2, 0) is 16.1 Å². The molecule has 0 unspecified atom stereocenters. The van der Waals surface area contributed by atoms with Crippen LogP contribution < -0.4 is 10.3 Å². The number of ether oxygens (including phenoxy) is 2. The largest absolute Gasteiger partial charge is 0.492 e. The van der Waals surface area contributed by atoms with E-state index in [1.54, 1.807) is 4.90 Å². The van der Waals surface area contributed by atoms with Crippen molar-refractivity contribution in [3.05, 3.63) is 58.5 Å². The summed E-state index contributed by atoms with van der Waals surface area (Å²) in [7, 11) is 0. The monoisotopic (exact) mass is 440 g/mol. The fourth-order valence-electron chi connectivity index (χ4n) is 4.02. The topological polar surface area (TPSA) is 94.0 Å². The number of rotatable bonds is 6. The first-order valence-corrected chi connectivity index (χ1v) is 11.0. The molecule has 4 rings (SSSR count). The lowest BCUT2D eigenvalue weighted by Gasteiger charge is -2.35. The maximum Gasteiger partial charge on any atom is 0.274 e. The van der Waals surface area contributed by atoms with Gasteiger partial charge in [0, 0.05) is 38.2 Å². The van der Waals surface area contributed by atoms with Crippen LogP contribution in [0.2, 0.25) is 0 Å². The highest BCUT2D eigenvalue weighted by atomic mass is 16.5. The Bertz CT molecular complexity index is 979. The van der Waals surface area contributed by atoms with Crippen molar-refractivity contribution >= 4 is 11.8 Å². The molecule has 3 heterocycles. The van der Waals surface area contributed by atoms with Crippen molar-refractivity contribution in [2.75, 3.05) is 46.0 Å². The first kappa shape index (κ1) is 22.0. The molecule has 9 heteroatoms. The molecule has 2 aromatic rings. The first-order valence-electron chi connectivity index (χ1n) is 11.0. The zero-order valence-corrected chi connectivity index (χ0v) is 18.0. The molecule has 0 bridgehead atoms. The number of carbonyl (C=O) groups is 2. The lowest BCUT2D eigenvalue weighted by Crippen LogP contribution is -2.47. The summed E-state index contributed by atoms with van der Waals surface area (Å²) in [5, 5.41) is 4.25. The van der Waals surface area contributed by atoms with Gasteiger partial charge in [0.25, 0.3) is 11.5 Å². The Morgan fingerprint density at radius 1 is 0.969 bits per heavy atom. The van der Waals surface area contributed by atoms with Gasteiger partial charge in [-0.3, -0.25) is 14.4 Å². The molecule has 2 aliphatic heterocycles. The molecule has 2 aliphatic rings. The molecule has 0 saturated carbocycles. The van der Waals surface area contributed by atoms with Gasteiger partial charge in [0.15, 0.2) is 0 Å². The summed E-state index contributed by atoms with van der Waals surface area (Å²) in [5.41, 5.74) is -0.0599. The minimum atomic E-state index is -0.284. The molecule has 2 amide bonds. The number of carbonyl (C=O) groups excluding carboxylic acids is 2. The molecule has 0 spiro atoms. The van der Waals surface area contributed by atoms with Crippen molar-refractivity contribution in [1.29, 1.82) is 0 Å². The molecule has 170 valence electrons. The fourth-order valence-corrected chi connectivity index (χ4v) is 4.02. The van der Waals surface area contributed by atoms with Crippen LogP contribution in [0.25, 0.3) is 0 Å². The number of para-hydroxylation sites is 1. The zero-order chi connectivity index (χ0) is 22.3. The lowest BCUT2D eigenvalue weighted by molar-refractivity contribution is -0.141. The quantitative estimate of drug-likeness (QED) is 0.666. The van der Waals surface area contributed by atoms with E-state index in [0.717, 1.165) is 0 Å². The Morgan fingerprint density at radius 3 is 2.41 bits per heavy atom. The van der Waals surface area contributed by atoms with Gasteiger partial charge in [0.1, 0.15) is 18.1 Å². The van der Waals surface area contributed by atoms with Crippen molar-refractivity contribution in [3.63, 3.8) is 0 Å². The van der Waals surface area contributed by atoms with Gasteiger partial charge in [0.05, 0.1) is 19.8 Å². The van der Waals surface area contributed by atoms with Gasteiger partial charge in [-0.25, -0.2) is 4.68 Å². The molecular formula is C23H28N4O5. The third-order valence-electron chi connectivity index (χ3n) is 5.85. The Labute approximate surface area is 186 Å². The summed E-state index contributed by atoms with van der Waals surface area (Å²) < 4.78 is 12.2. The highest BCUT2D eigenvalue weighted by Gasteiger charge is 2.31. The Hall–Kier alpha value is -3.20. The molecule has 2 saturated heterocycles. The van der Waals surface area contributed by atoms with E-state index < -0.39 is 0 Å². The average molecular weight is 441 g/mol. The second-order valence-electron chi connectivity index (χ2n) is 7.95. The molecule has 2 fully saturated rings. The molecule has 1 aromatic carbocycles. The molecule has 32 heavy (non-hydrogen) atoms. The van der Waals surface area contributed by atoms with E-state index >= 15 is 0 Å². The summed E-state index contributed by atoms with van der Waals surface area (Å²) >= 11 is 0. The number of nitrogens with zero attached hydrogens (tertiary/aromatic N) is 4. The summed E-state index contributed by atoms with van der Waals surface area (Å²) in [5.74, 6) is 0.585. The number of aromatic nitrogens is 2. The van der Waals surface area contributed by atoms with Gasteiger partial charge in [-0.1, -0.05) is 18.2 Å². The van der Waals surface area contributed by atoms with Crippen molar-refractivity contribution in [2.24, 2.45) is 5.92 Å². The van der Waals surface area contributed by atoms with E-state index in [1.165, 1.54) is 16.8 Å². The van der Waals surface area contributed by atoms with Gasteiger partial charge >= 0.3 is 0 Å². The SMILES string of the molecule is O=C(c1ccc(=O)n(CCOc2ccccc2)n1)N1CCC(C(=O)N2CCOCC2)CC1. The summed E-state index contributed by atoms with van der Waals surface area (Å²) in [6, 6.07) is 12.1. The minimum Gasteiger partial charge on any atom is -0.492 e. The second-order valence-corrected chi connectivity index (χ2v) is 7.95. The smallest absolute Gasteiger partial charge is 0.274 e. The third-order valence-corrected chi connectivity index (χ3v) is 5.85. The van der Waals surface area contributed by atoms with Crippen molar-refractivity contribution in [1.82, 2.24) is 19.6 Å². The van der Waals surface area contributed by atoms with Crippen molar-refractivity contribution in [3.8, 4) is 5.75 Å². The third kappa shape index (κ3) is 5.34. The number of benzene rings is 1. The Balaban J connectivity index is 1.31. The molecule has 9 nitrogen and oxygen atoms in total.